The van der Waals surface area contributed by atoms with Gasteiger partial charge in [-0.15, -0.1) is 0 Å². The summed E-state index contributed by atoms with van der Waals surface area (Å²) in [7, 11) is 0. The summed E-state index contributed by atoms with van der Waals surface area (Å²) in [4.78, 5) is 10.9. The van der Waals surface area contributed by atoms with Crippen LogP contribution in [0, 0.1) is 5.92 Å². The number of hydrogen-bond acceptors (Lipinski definition) is 3. The van der Waals surface area contributed by atoms with Crippen molar-refractivity contribution in [3.63, 3.8) is 0 Å². The summed E-state index contributed by atoms with van der Waals surface area (Å²) >= 11 is 6.49. The van der Waals surface area contributed by atoms with Crippen molar-refractivity contribution in [2.45, 2.75) is 25.1 Å². The molecule has 12 heavy (non-hydrogen) atoms. The lowest BCUT2D eigenvalue weighted by molar-refractivity contribution is -0.119. The van der Waals surface area contributed by atoms with Gasteiger partial charge in [0.15, 0.2) is 0 Å². The van der Waals surface area contributed by atoms with Crippen LogP contribution >= 0.6 is 24.0 Å². The summed E-state index contributed by atoms with van der Waals surface area (Å²) in [6, 6.07) is -0.289. The molecule has 1 aliphatic heterocycles. The quantitative estimate of drug-likeness (QED) is 0.643. The Morgan fingerprint density at radius 3 is 2.67 bits per heavy atom. The smallest absolute Gasteiger partial charge is 0.241 e. The summed E-state index contributed by atoms with van der Waals surface area (Å²) in [5.41, 5.74) is 5.21. The monoisotopic (exact) mass is 204 g/mol. The molecule has 0 saturated carbocycles. The molecule has 1 amide bonds. The highest BCUT2D eigenvalue weighted by molar-refractivity contribution is 8.23. The van der Waals surface area contributed by atoms with Crippen LogP contribution in [0.3, 0.4) is 0 Å². The van der Waals surface area contributed by atoms with E-state index in [9.17, 15) is 4.79 Å². The van der Waals surface area contributed by atoms with Crippen molar-refractivity contribution in [3.8, 4) is 0 Å². The molecule has 2 unspecified atom stereocenters. The lowest BCUT2D eigenvalue weighted by Gasteiger charge is -2.17. The maximum atomic E-state index is 10.9. The number of thioether (sulfide) groups is 1. The van der Waals surface area contributed by atoms with Gasteiger partial charge < -0.3 is 11.1 Å². The number of primary amides is 1. The third kappa shape index (κ3) is 1.90. The summed E-state index contributed by atoms with van der Waals surface area (Å²) < 4.78 is 0.678. The Bertz CT molecular complexity index is 217. The first-order valence-corrected chi connectivity index (χ1v) is 5.07. The topological polar surface area (TPSA) is 55.1 Å². The number of amides is 1. The number of carbonyl (C=O) groups excluding carboxylic acids is 1. The second kappa shape index (κ2) is 3.62. The van der Waals surface area contributed by atoms with E-state index in [0.717, 1.165) is 0 Å². The molecule has 0 aromatic rings. The predicted molar refractivity (Wildman–Crippen MR) is 54.9 cm³/mol. The average molecular weight is 204 g/mol. The molecule has 0 bridgehead atoms. The molecule has 1 saturated heterocycles. The van der Waals surface area contributed by atoms with Crippen LogP contribution in [0.4, 0.5) is 0 Å². The van der Waals surface area contributed by atoms with Crippen LogP contribution < -0.4 is 11.1 Å². The Hall–Kier alpha value is -0.290. The zero-order valence-corrected chi connectivity index (χ0v) is 8.67. The summed E-state index contributed by atoms with van der Waals surface area (Å²) in [5, 5.41) is 3.09. The first kappa shape index (κ1) is 9.80. The lowest BCUT2D eigenvalue weighted by atomic mass is 10.0. The van der Waals surface area contributed by atoms with E-state index in [1.807, 2.05) is 0 Å². The molecule has 3 nitrogen and oxygen atoms in total. The van der Waals surface area contributed by atoms with Gasteiger partial charge in [-0.3, -0.25) is 4.79 Å². The predicted octanol–water partition coefficient (Wildman–Crippen LogP) is 0.486. The SMILES string of the molecule is CC(C)C1SC(=S)NC1C(N)=O. The Labute approximate surface area is 81.5 Å². The van der Waals surface area contributed by atoms with E-state index in [-0.39, 0.29) is 17.2 Å². The number of hydrogen-bond donors (Lipinski definition) is 2. The fraction of sp³-hybridized carbons (Fsp3) is 0.714. The molecule has 68 valence electrons. The fourth-order valence-corrected chi connectivity index (χ4v) is 2.70. The molecular formula is C7H12N2OS2. The van der Waals surface area contributed by atoms with Crippen LogP contribution in [-0.4, -0.2) is 21.5 Å². The molecular weight excluding hydrogens is 192 g/mol. The minimum Gasteiger partial charge on any atom is -0.368 e. The zero-order chi connectivity index (χ0) is 9.30. The highest BCUT2D eigenvalue weighted by atomic mass is 32.2. The van der Waals surface area contributed by atoms with E-state index in [0.29, 0.717) is 10.2 Å². The van der Waals surface area contributed by atoms with Gasteiger partial charge in [-0.2, -0.15) is 0 Å². The van der Waals surface area contributed by atoms with E-state index >= 15 is 0 Å². The van der Waals surface area contributed by atoms with Gasteiger partial charge in [0.2, 0.25) is 5.91 Å². The lowest BCUT2D eigenvalue weighted by Crippen LogP contribution is -2.44. The Balaban J connectivity index is 2.72. The molecule has 0 aromatic carbocycles. The van der Waals surface area contributed by atoms with Crippen molar-refractivity contribution in [3.05, 3.63) is 0 Å². The molecule has 1 heterocycles. The Morgan fingerprint density at radius 1 is 1.75 bits per heavy atom. The Morgan fingerprint density at radius 2 is 2.33 bits per heavy atom. The fourth-order valence-electron chi connectivity index (χ4n) is 1.19. The first-order chi connectivity index (χ1) is 5.52. The van der Waals surface area contributed by atoms with Crippen molar-refractivity contribution in [1.29, 1.82) is 0 Å². The van der Waals surface area contributed by atoms with Crippen LogP contribution in [0.15, 0.2) is 0 Å². The van der Waals surface area contributed by atoms with E-state index in [1.54, 1.807) is 0 Å². The summed E-state index contributed by atoms with van der Waals surface area (Å²) in [5.74, 6) is 0.0847. The van der Waals surface area contributed by atoms with Crippen molar-refractivity contribution in [2.24, 2.45) is 11.7 Å². The van der Waals surface area contributed by atoms with E-state index < -0.39 is 0 Å². The normalized spacial score (nSPS) is 29.1. The van der Waals surface area contributed by atoms with E-state index in [2.05, 4.69) is 19.2 Å². The average Bonchev–Trinajstić information content (AvgIpc) is 2.31. The van der Waals surface area contributed by atoms with Crippen LogP contribution in [-0.2, 0) is 4.79 Å². The number of rotatable bonds is 2. The number of nitrogens with one attached hydrogen (secondary N) is 1. The zero-order valence-electron chi connectivity index (χ0n) is 7.03. The molecule has 0 spiro atoms. The molecule has 0 radical (unpaired) electrons. The number of thiocarbonyl (C=S) groups is 1. The molecule has 5 heteroatoms. The highest BCUT2D eigenvalue weighted by Crippen LogP contribution is 2.29. The third-order valence-electron chi connectivity index (χ3n) is 1.81. The third-order valence-corrected chi connectivity index (χ3v) is 3.64. The molecule has 0 aromatic heterocycles. The Kier molecular flexibility index (Phi) is 2.95. The van der Waals surface area contributed by atoms with Crippen molar-refractivity contribution >= 4 is 34.2 Å². The van der Waals surface area contributed by atoms with Crippen LogP contribution in [0.5, 0.6) is 0 Å². The highest BCUT2D eigenvalue weighted by Gasteiger charge is 2.36. The molecule has 2 atom stereocenters. The van der Waals surface area contributed by atoms with Crippen LogP contribution in [0.1, 0.15) is 13.8 Å². The van der Waals surface area contributed by atoms with Crippen molar-refractivity contribution in [2.75, 3.05) is 0 Å². The van der Waals surface area contributed by atoms with Crippen molar-refractivity contribution < 1.29 is 4.79 Å². The standard InChI is InChI=1S/C7H12N2OS2/c1-3(2)5-4(6(8)10)9-7(11)12-5/h3-5H,1-2H3,(H2,8,10)(H,9,11). The number of carbonyl (C=O) groups is 1. The minimum absolute atomic E-state index is 0.190. The van der Waals surface area contributed by atoms with Gasteiger partial charge in [0.1, 0.15) is 10.4 Å². The molecule has 0 aliphatic carbocycles. The second-order valence-corrected chi connectivity index (χ2v) is 4.99. The first-order valence-electron chi connectivity index (χ1n) is 3.79. The maximum Gasteiger partial charge on any atom is 0.241 e. The van der Waals surface area contributed by atoms with Crippen LogP contribution in [0.25, 0.3) is 0 Å². The van der Waals surface area contributed by atoms with Gasteiger partial charge >= 0.3 is 0 Å². The maximum absolute atomic E-state index is 10.9. The van der Waals surface area contributed by atoms with Gasteiger partial charge in [0.25, 0.3) is 0 Å². The van der Waals surface area contributed by atoms with E-state index in [1.165, 1.54) is 11.8 Å². The molecule has 1 rings (SSSR count). The number of nitrogens with two attached hydrogens (primary N) is 1. The summed E-state index contributed by atoms with van der Waals surface area (Å²) in [6.45, 7) is 4.12. The second-order valence-electron chi connectivity index (χ2n) is 3.14. The van der Waals surface area contributed by atoms with Crippen LogP contribution in [0.2, 0.25) is 0 Å². The largest absolute Gasteiger partial charge is 0.368 e. The van der Waals surface area contributed by atoms with Gasteiger partial charge in [0.05, 0.1) is 0 Å². The minimum atomic E-state index is -0.318. The van der Waals surface area contributed by atoms with Gasteiger partial charge in [-0.05, 0) is 5.92 Å². The molecule has 3 N–H and O–H groups in total. The molecule has 1 fully saturated rings. The molecule has 1 aliphatic rings. The van der Waals surface area contributed by atoms with Gasteiger partial charge in [-0.1, -0.05) is 37.8 Å². The van der Waals surface area contributed by atoms with Gasteiger partial charge in [0, 0.05) is 5.25 Å². The van der Waals surface area contributed by atoms with Gasteiger partial charge in [-0.25, -0.2) is 0 Å². The van der Waals surface area contributed by atoms with Crippen molar-refractivity contribution in [1.82, 2.24) is 5.32 Å². The van der Waals surface area contributed by atoms with E-state index in [4.69, 9.17) is 18.0 Å². The summed E-state index contributed by atoms with van der Waals surface area (Å²) in [6.07, 6.45) is 0.